The lowest BCUT2D eigenvalue weighted by Gasteiger charge is -2.02. The Labute approximate surface area is 74.2 Å². The zero-order valence-corrected chi connectivity index (χ0v) is 6.78. The molecule has 0 aromatic heterocycles. The first kappa shape index (κ1) is 9.03. The van der Waals surface area contributed by atoms with Gasteiger partial charge in [-0.3, -0.25) is 0 Å². The van der Waals surface area contributed by atoms with Crippen molar-refractivity contribution in [2.75, 3.05) is 0 Å². The average Bonchev–Trinajstić information content (AvgIpc) is 2.04. The topological polar surface area (TPSA) is 57.2 Å². The quantitative estimate of drug-likeness (QED) is 0.756. The number of rotatable bonds is 2. The van der Waals surface area contributed by atoms with Crippen molar-refractivity contribution >= 4 is 17.6 Å². The molecule has 12 heavy (non-hydrogen) atoms. The Morgan fingerprint density at radius 3 is 2.25 bits per heavy atom. The summed E-state index contributed by atoms with van der Waals surface area (Å²) in [5.74, 6) is -1.52. The average molecular weight is 186 g/mol. The largest absolute Gasteiger partial charge is 0.388 e. The van der Waals surface area contributed by atoms with Crippen molar-refractivity contribution in [3.63, 3.8) is 0 Å². The highest BCUT2D eigenvalue weighted by atomic mass is 35.5. The highest BCUT2D eigenvalue weighted by molar-refractivity contribution is 6.30. The molecule has 0 aliphatic rings. The van der Waals surface area contributed by atoms with E-state index in [1.54, 1.807) is 0 Å². The summed E-state index contributed by atoms with van der Waals surface area (Å²) in [5, 5.41) is 19.7. The minimum absolute atomic E-state index is 0.263. The molecule has 1 rings (SSSR count). The highest BCUT2D eigenvalue weighted by Crippen LogP contribution is 2.16. The van der Waals surface area contributed by atoms with Crippen LogP contribution >= 0.6 is 11.6 Å². The van der Waals surface area contributed by atoms with Crippen molar-refractivity contribution in [3.8, 4) is 0 Å². The number of benzene rings is 1. The molecule has 0 saturated carbocycles. The minimum atomic E-state index is -1.58. The molecule has 4 heteroatoms. The number of aliphatic hydroxyl groups excluding tert-OH is 1. The summed E-state index contributed by atoms with van der Waals surface area (Å²) in [4.78, 5) is 10.2. The molecule has 0 aliphatic heterocycles. The summed E-state index contributed by atoms with van der Waals surface area (Å²) in [6, 6.07) is 5.87. The van der Waals surface area contributed by atoms with E-state index in [2.05, 4.69) is 0 Å². The van der Waals surface area contributed by atoms with Gasteiger partial charge in [0.05, 0.1) is 0 Å². The van der Waals surface area contributed by atoms with Crippen LogP contribution in [0, 0.1) is 0 Å². The van der Waals surface area contributed by atoms with Crippen LogP contribution in [0.3, 0.4) is 0 Å². The van der Waals surface area contributed by atoms with Crippen molar-refractivity contribution in [2.45, 2.75) is 6.10 Å². The number of hydrogen-bond donors (Lipinski definition) is 1. The predicted octanol–water partition coefficient (Wildman–Crippen LogP) is 1.33. The second-order valence-electron chi connectivity index (χ2n) is 2.27. The van der Waals surface area contributed by atoms with Crippen LogP contribution in [-0.4, -0.2) is 11.1 Å². The fourth-order valence-corrected chi connectivity index (χ4v) is 0.907. The van der Waals surface area contributed by atoms with E-state index in [1.807, 2.05) is 0 Å². The molecule has 0 fully saturated rings. The standard InChI is InChI=1S/C8H6ClO3/c9-6-3-1-5(2-4-6)7(10)8(11)12/h1-4,7,10H. The third kappa shape index (κ3) is 1.96. The second-order valence-corrected chi connectivity index (χ2v) is 2.71. The lowest BCUT2D eigenvalue weighted by molar-refractivity contribution is -0.153. The third-order valence-electron chi connectivity index (χ3n) is 1.41. The van der Waals surface area contributed by atoms with E-state index in [0.29, 0.717) is 5.02 Å². The Bertz CT molecular complexity index is 281. The summed E-state index contributed by atoms with van der Waals surface area (Å²) in [5.41, 5.74) is 0.263. The minimum Gasteiger partial charge on any atom is -0.377 e. The molecular formula is C8H6ClO3. The molecule has 63 valence electrons. The van der Waals surface area contributed by atoms with Crippen LogP contribution < -0.4 is 0 Å². The van der Waals surface area contributed by atoms with Gasteiger partial charge in [-0.15, -0.1) is 0 Å². The van der Waals surface area contributed by atoms with Gasteiger partial charge in [0.25, 0.3) is 0 Å². The molecule has 0 aliphatic carbocycles. The van der Waals surface area contributed by atoms with Crippen molar-refractivity contribution in [1.82, 2.24) is 0 Å². The molecule has 1 unspecified atom stereocenters. The van der Waals surface area contributed by atoms with Crippen LogP contribution in [0.4, 0.5) is 0 Å². The summed E-state index contributed by atoms with van der Waals surface area (Å²) in [6.45, 7) is 0. The van der Waals surface area contributed by atoms with Gasteiger partial charge in [-0.2, -0.15) is 0 Å². The first-order valence-corrected chi connectivity index (χ1v) is 3.63. The molecule has 0 heterocycles. The lowest BCUT2D eigenvalue weighted by atomic mass is 10.1. The van der Waals surface area contributed by atoms with Crippen molar-refractivity contribution in [2.24, 2.45) is 0 Å². The van der Waals surface area contributed by atoms with E-state index >= 15 is 0 Å². The Hall–Kier alpha value is -1.06. The molecule has 1 aromatic rings. The molecule has 1 atom stereocenters. The molecule has 0 saturated heterocycles. The summed E-state index contributed by atoms with van der Waals surface area (Å²) in [7, 11) is 0. The molecule has 1 aromatic carbocycles. The van der Waals surface area contributed by atoms with Crippen LogP contribution in [0.25, 0.3) is 0 Å². The molecular weight excluding hydrogens is 180 g/mol. The summed E-state index contributed by atoms with van der Waals surface area (Å²) >= 11 is 5.55. The molecule has 0 bridgehead atoms. The van der Waals surface area contributed by atoms with Crippen molar-refractivity contribution in [3.05, 3.63) is 34.9 Å². The maximum Gasteiger partial charge on any atom is 0.388 e. The fourth-order valence-electron chi connectivity index (χ4n) is 0.781. The summed E-state index contributed by atoms with van der Waals surface area (Å²) in [6.07, 6.45) is -1.58. The van der Waals surface area contributed by atoms with Crippen LogP contribution in [0.1, 0.15) is 11.7 Å². The number of aliphatic hydroxyl groups is 1. The van der Waals surface area contributed by atoms with Gasteiger partial charge in [0.1, 0.15) is 0 Å². The van der Waals surface area contributed by atoms with Gasteiger partial charge in [-0.05, 0) is 17.7 Å². The first-order chi connectivity index (χ1) is 5.61. The first-order valence-electron chi connectivity index (χ1n) is 3.25. The smallest absolute Gasteiger partial charge is 0.377 e. The highest BCUT2D eigenvalue weighted by Gasteiger charge is 2.16. The van der Waals surface area contributed by atoms with Gasteiger partial charge >= 0.3 is 5.97 Å². The van der Waals surface area contributed by atoms with E-state index in [4.69, 9.17) is 16.7 Å². The van der Waals surface area contributed by atoms with Gasteiger partial charge in [-0.1, -0.05) is 23.7 Å². The third-order valence-corrected chi connectivity index (χ3v) is 1.66. The van der Waals surface area contributed by atoms with Gasteiger partial charge < -0.3 is 5.11 Å². The predicted molar refractivity (Wildman–Crippen MR) is 42.1 cm³/mol. The van der Waals surface area contributed by atoms with E-state index in [0.717, 1.165) is 0 Å². The zero-order chi connectivity index (χ0) is 9.14. The van der Waals surface area contributed by atoms with Crippen LogP contribution in [0.5, 0.6) is 0 Å². The van der Waals surface area contributed by atoms with Crippen molar-refractivity contribution in [1.29, 1.82) is 0 Å². The van der Waals surface area contributed by atoms with Crippen molar-refractivity contribution < 1.29 is 15.0 Å². The van der Waals surface area contributed by atoms with Gasteiger partial charge in [-0.25, -0.2) is 9.90 Å². The molecule has 1 radical (unpaired) electrons. The van der Waals surface area contributed by atoms with Crippen LogP contribution in [-0.2, 0) is 9.90 Å². The van der Waals surface area contributed by atoms with E-state index < -0.39 is 12.1 Å². The van der Waals surface area contributed by atoms with Gasteiger partial charge in [0, 0.05) is 5.02 Å². The SMILES string of the molecule is [O]C(=O)C(O)c1ccc(Cl)cc1. The summed E-state index contributed by atoms with van der Waals surface area (Å²) < 4.78 is 0. The number of hydrogen-bond acceptors (Lipinski definition) is 2. The molecule has 3 nitrogen and oxygen atoms in total. The normalized spacial score (nSPS) is 12.5. The Balaban J connectivity index is 2.89. The van der Waals surface area contributed by atoms with Crippen LogP contribution in [0.2, 0.25) is 5.02 Å². The number of carbonyl (C=O) groups is 1. The fraction of sp³-hybridized carbons (Fsp3) is 0.125. The lowest BCUT2D eigenvalue weighted by Crippen LogP contribution is -2.08. The number of carbonyl (C=O) groups excluding carboxylic acids is 1. The van der Waals surface area contributed by atoms with Crippen LogP contribution in [0.15, 0.2) is 24.3 Å². The Morgan fingerprint density at radius 1 is 1.33 bits per heavy atom. The van der Waals surface area contributed by atoms with E-state index in [9.17, 15) is 9.90 Å². The Kier molecular flexibility index (Phi) is 2.68. The van der Waals surface area contributed by atoms with Gasteiger partial charge in [0.15, 0.2) is 6.10 Å². The maximum absolute atomic E-state index is 10.2. The zero-order valence-electron chi connectivity index (χ0n) is 6.03. The maximum atomic E-state index is 10.2. The molecule has 0 amide bonds. The number of halogens is 1. The van der Waals surface area contributed by atoms with E-state index in [-0.39, 0.29) is 5.56 Å². The Morgan fingerprint density at radius 2 is 1.83 bits per heavy atom. The second kappa shape index (κ2) is 3.56. The molecule has 0 spiro atoms. The molecule has 1 N–H and O–H groups in total. The van der Waals surface area contributed by atoms with E-state index in [1.165, 1.54) is 24.3 Å². The van der Waals surface area contributed by atoms with Gasteiger partial charge in [0.2, 0.25) is 0 Å². The monoisotopic (exact) mass is 185 g/mol.